The molecule has 1 saturated carbocycles. The number of hydrogen-bond donors (Lipinski definition) is 4. The van der Waals surface area contributed by atoms with Crippen LogP contribution in [-0.2, 0) is 11.3 Å². The van der Waals surface area contributed by atoms with Gasteiger partial charge in [0.2, 0.25) is 0 Å². The second-order valence-corrected chi connectivity index (χ2v) is 7.85. The molecule has 0 saturated heterocycles. The number of benzene rings is 1. The van der Waals surface area contributed by atoms with Gasteiger partial charge in [0.1, 0.15) is 12.2 Å². The molecule has 1 aromatic rings. The Morgan fingerprint density at radius 2 is 1.79 bits per heavy atom. The van der Waals surface area contributed by atoms with E-state index in [-0.39, 0.29) is 30.4 Å². The van der Waals surface area contributed by atoms with Crippen LogP contribution in [0.3, 0.4) is 0 Å². The number of carboxylic acid groups (broad SMARTS) is 1. The lowest BCUT2D eigenvalue weighted by Gasteiger charge is -2.34. The minimum absolute atomic E-state index is 0.0424. The summed E-state index contributed by atoms with van der Waals surface area (Å²) in [6.45, 7) is 4.92. The molecule has 1 aliphatic carbocycles. The first-order valence-corrected chi connectivity index (χ1v) is 9.35. The summed E-state index contributed by atoms with van der Waals surface area (Å²) in [5, 5.41) is 23.9. The minimum atomic E-state index is -1.44. The largest absolute Gasteiger partial charge is 0.465 e. The number of hydrogen-bond acceptors (Lipinski definition) is 5. The van der Waals surface area contributed by atoms with E-state index in [1.807, 2.05) is 6.92 Å². The van der Waals surface area contributed by atoms with E-state index in [9.17, 15) is 19.5 Å². The predicted octanol–water partition coefficient (Wildman–Crippen LogP) is 2.69. The highest BCUT2D eigenvalue weighted by molar-refractivity contribution is 6.01. The number of carbonyl (C=O) groups is 3. The predicted molar refractivity (Wildman–Crippen MR) is 102 cm³/mol. The van der Waals surface area contributed by atoms with Gasteiger partial charge in [0.05, 0.1) is 0 Å². The summed E-state index contributed by atoms with van der Waals surface area (Å²) in [5.41, 5.74) is -0.347. The maximum absolute atomic E-state index is 12.1. The smallest absolute Gasteiger partial charge is 0.407 e. The summed E-state index contributed by atoms with van der Waals surface area (Å²) >= 11 is 0. The Labute approximate surface area is 164 Å². The zero-order valence-electron chi connectivity index (χ0n) is 16.4. The van der Waals surface area contributed by atoms with Gasteiger partial charge in [-0.1, -0.05) is 31.2 Å². The number of amides is 2. The Morgan fingerprint density at radius 3 is 2.36 bits per heavy atom. The lowest BCUT2D eigenvalue weighted by atomic mass is 9.83. The van der Waals surface area contributed by atoms with E-state index in [1.165, 1.54) is 13.8 Å². The number of nitrogens with one attached hydrogen (secondary N) is 2. The highest BCUT2D eigenvalue weighted by Crippen LogP contribution is 2.24. The van der Waals surface area contributed by atoms with Crippen molar-refractivity contribution in [3.63, 3.8) is 0 Å². The molecule has 1 aromatic carbocycles. The number of carbonyl (C=O) groups excluding carboxylic acids is 2. The molecule has 0 aromatic heterocycles. The molecule has 0 spiro atoms. The van der Waals surface area contributed by atoms with Crippen molar-refractivity contribution < 1.29 is 29.3 Å². The van der Waals surface area contributed by atoms with Crippen molar-refractivity contribution in [3.8, 4) is 0 Å². The van der Waals surface area contributed by atoms with Crippen molar-refractivity contribution >= 4 is 18.0 Å². The first-order chi connectivity index (χ1) is 13.1. The van der Waals surface area contributed by atoms with Crippen molar-refractivity contribution in [1.82, 2.24) is 10.6 Å². The SMILES string of the molecule is CC1CCC(NC(=O)O)CC1NC(=O)OCc1ccc(C(=O)C(C)(C)O)cc1. The number of alkyl carbamates (subject to hydrolysis) is 1. The third-order valence-electron chi connectivity index (χ3n) is 4.97. The van der Waals surface area contributed by atoms with Gasteiger partial charge in [-0.05, 0) is 44.6 Å². The van der Waals surface area contributed by atoms with Gasteiger partial charge in [-0.15, -0.1) is 0 Å². The number of ketones is 1. The van der Waals surface area contributed by atoms with E-state index in [1.54, 1.807) is 24.3 Å². The molecule has 2 rings (SSSR count). The zero-order valence-corrected chi connectivity index (χ0v) is 16.4. The molecule has 0 radical (unpaired) electrons. The Balaban J connectivity index is 1.84. The molecule has 8 nitrogen and oxygen atoms in total. The minimum Gasteiger partial charge on any atom is -0.465 e. The summed E-state index contributed by atoms with van der Waals surface area (Å²) in [6.07, 6.45) is 0.455. The fourth-order valence-corrected chi connectivity index (χ4v) is 3.28. The van der Waals surface area contributed by atoms with Crippen molar-refractivity contribution in [3.05, 3.63) is 35.4 Å². The average molecular weight is 392 g/mol. The number of Topliss-reactive ketones (excluding diaryl/α,β-unsaturated/α-hetero) is 1. The molecular weight excluding hydrogens is 364 g/mol. The van der Waals surface area contributed by atoms with Gasteiger partial charge in [0, 0.05) is 17.6 Å². The molecule has 1 fully saturated rings. The number of rotatable bonds is 6. The van der Waals surface area contributed by atoms with Crippen molar-refractivity contribution in [2.45, 2.75) is 64.3 Å². The van der Waals surface area contributed by atoms with E-state index in [4.69, 9.17) is 9.84 Å². The third kappa shape index (κ3) is 6.23. The van der Waals surface area contributed by atoms with Crippen LogP contribution in [0.15, 0.2) is 24.3 Å². The molecule has 0 heterocycles. The van der Waals surface area contributed by atoms with E-state index < -0.39 is 17.8 Å². The highest BCUT2D eigenvalue weighted by atomic mass is 16.5. The maximum Gasteiger partial charge on any atom is 0.407 e. The Morgan fingerprint density at radius 1 is 1.14 bits per heavy atom. The topological polar surface area (TPSA) is 125 Å². The molecule has 1 aliphatic rings. The van der Waals surface area contributed by atoms with E-state index in [0.29, 0.717) is 17.5 Å². The van der Waals surface area contributed by atoms with Crippen molar-refractivity contribution in [2.75, 3.05) is 0 Å². The van der Waals surface area contributed by atoms with Crippen molar-refractivity contribution in [1.29, 1.82) is 0 Å². The molecule has 4 N–H and O–H groups in total. The Bertz CT molecular complexity index is 710. The molecule has 0 aliphatic heterocycles. The Kier molecular flexibility index (Phi) is 7.01. The van der Waals surface area contributed by atoms with Crippen LogP contribution in [0, 0.1) is 5.92 Å². The molecule has 0 bridgehead atoms. The van der Waals surface area contributed by atoms with E-state index >= 15 is 0 Å². The van der Waals surface area contributed by atoms with Gasteiger partial charge in [-0.3, -0.25) is 4.79 Å². The standard InChI is InChI=1S/C20H28N2O6/c1-12-4-9-15(21-18(24)25)10-16(12)22-19(26)28-11-13-5-7-14(8-6-13)17(23)20(2,3)27/h5-8,12,15-16,21,27H,4,9-11H2,1-3H3,(H,22,26)(H,24,25). The number of ether oxygens (including phenoxy) is 1. The number of aliphatic hydroxyl groups is 1. The summed E-state index contributed by atoms with van der Waals surface area (Å²) in [4.78, 5) is 34.9. The van der Waals surface area contributed by atoms with E-state index in [0.717, 1.165) is 12.8 Å². The fourth-order valence-electron chi connectivity index (χ4n) is 3.28. The summed E-state index contributed by atoms with van der Waals surface area (Å²) in [5.74, 6) is -0.153. The van der Waals surface area contributed by atoms with Gasteiger partial charge < -0.3 is 25.6 Å². The van der Waals surface area contributed by atoms with Crippen LogP contribution in [0.5, 0.6) is 0 Å². The van der Waals surface area contributed by atoms with Crippen molar-refractivity contribution in [2.24, 2.45) is 5.92 Å². The van der Waals surface area contributed by atoms with Crippen LogP contribution < -0.4 is 10.6 Å². The molecular formula is C20H28N2O6. The van der Waals surface area contributed by atoms with Gasteiger partial charge in [0.15, 0.2) is 5.78 Å². The third-order valence-corrected chi connectivity index (χ3v) is 4.97. The molecule has 8 heteroatoms. The zero-order chi connectivity index (χ0) is 20.9. The van der Waals surface area contributed by atoms with Crippen LogP contribution in [0.4, 0.5) is 9.59 Å². The molecule has 28 heavy (non-hydrogen) atoms. The van der Waals surface area contributed by atoms with E-state index in [2.05, 4.69) is 10.6 Å². The van der Waals surface area contributed by atoms with Crippen LogP contribution >= 0.6 is 0 Å². The quantitative estimate of drug-likeness (QED) is 0.552. The lowest BCUT2D eigenvalue weighted by Crippen LogP contribution is -2.49. The second kappa shape index (κ2) is 9.05. The molecule has 2 amide bonds. The van der Waals surface area contributed by atoms with Gasteiger partial charge in [-0.25, -0.2) is 9.59 Å². The van der Waals surface area contributed by atoms with Gasteiger partial charge in [0.25, 0.3) is 0 Å². The molecule has 3 unspecified atom stereocenters. The van der Waals surface area contributed by atoms with Gasteiger partial charge in [-0.2, -0.15) is 0 Å². The molecule has 154 valence electrons. The van der Waals surface area contributed by atoms with Crippen LogP contribution in [-0.4, -0.2) is 45.9 Å². The monoisotopic (exact) mass is 392 g/mol. The lowest BCUT2D eigenvalue weighted by molar-refractivity contribution is 0.0488. The maximum atomic E-state index is 12.1. The normalized spacial score (nSPS) is 22.2. The second-order valence-electron chi connectivity index (χ2n) is 7.85. The highest BCUT2D eigenvalue weighted by Gasteiger charge is 2.30. The fraction of sp³-hybridized carbons (Fsp3) is 0.550. The summed E-state index contributed by atoms with van der Waals surface area (Å²) in [7, 11) is 0. The summed E-state index contributed by atoms with van der Waals surface area (Å²) < 4.78 is 5.24. The van der Waals surface area contributed by atoms with Crippen LogP contribution in [0.25, 0.3) is 0 Å². The first-order valence-electron chi connectivity index (χ1n) is 9.35. The summed E-state index contributed by atoms with van der Waals surface area (Å²) in [6, 6.07) is 6.17. The van der Waals surface area contributed by atoms with Gasteiger partial charge >= 0.3 is 12.2 Å². The van der Waals surface area contributed by atoms with Crippen LogP contribution in [0.2, 0.25) is 0 Å². The Hall–Kier alpha value is -2.61. The van der Waals surface area contributed by atoms with Crippen LogP contribution in [0.1, 0.15) is 56.0 Å². The first kappa shape index (κ1) is 21.7. The molecule has 3 atom stereocenters. The average Bonchev–Trinajstić information content (AvgIpc) is 2.61.